The summed E-state index contributed by atoms with van der Waals surface area (Å²) in [6.45, 7) is 0. The molecule has 0 aliphatic carbocycles. The Morgan fingerprint density at radius 1 is 1.00 bits per heavy atom. The fraction of sp³-hybridized carbons (Fsp3) is 0.176. The second-order valence-electron chi connectivity index (χ2n) is 5.34. The van der Waals surface area contributed by atoms with Crippen molar-refractivity contribution < 1.29 is 22.7 Å². The molecule has 0 aliphatic heterocycles. The first-order valence-corrected chi connectivity index (χ1v) is 8.72. The molecule has 0 aliphatic rings. The third-order valence-corrected chi connectivity index (χ3v) is 5.27. The third-order valence-electron chi connectivity index (χ3n) is 3.44. The number of benzene rings is 2. The van der Waals surface area contributed by atoms with Crippen molar-refractivity contribution in [3.8, 4) is 0 Å². The number of amides is 1. The number of hydrogen-bond acceptors (Lipinski definition) is 5. The van der Waals surface area contributed by atoms with Crippen molar-refractivity contribution in [2.75, 3.05) is 26.5 Å². The molecule has 0 unspecified atom stereocenters. The van der Waals surface area contributed by atoms with Gasteiger partial charge < -0.3 is 10.1 Å². The van der Waals surface area contributed by atoms with Crippen LogP contribution in [0.1, 0.15) is 20.7 Å². The van der Waals surface area contributed by atoms with E-state index in [0.717, 1.165) is 4.31 Å². The number of carbonyl (C=O) groups is 2. The third kappa shape index (κ3) is 4.23. The van der Waals surface area contributed by atoms with Crippen LogP contribution in [0.3, 0.4) is 0 Å². The molecule has 132 valence electrons. The molecule has 7 nitrogen and oxygen atoms in total. The quantitative estimate of drug-likeness (QED) is 0.821. The van der Waals surface area contributed by atoms with Crippen LogP contribution in [-0.2, 0) is 14.8 Å². The number of rotatable bonds is 5. The Morgan fingerprint density at radius 3 is 2.20 bits per heavy atom. The number of esters is 1. The molecule has 0 bridgehead atoms. The largest absolute Gasteiger partial charge is 0.465 e. The van der Waals surface area contributed by atoms with Gasteiger partial charge in [0.1, 0.15) is 0 Å². The number of nitrogens with one attached hydrogen (secondary N) is 1. The van der Waals surface area contributed by atoms with Gasteiger partial charge in [0.15, 0.2) is 0 Å². The van der Waals surface area contributed by atoms with E-state index in [2.05, 4.69) is 10.1 Å². The van der Waals surface area contributed by atoms with Gasteiger partial charge in [-0.15, -0.1) is 0 Å². The summed E-state index contributed by atoms with van der Waals surface area (Å²) in [5, 5.41) is 2.65. The van der Waals surface area contributed by atoms with Crippen LogP contribution >= 0.6 is 0 Å². The van der Waals surface area contributed by atoms with Gasteiger partial charge in [-0.25, -0.2) is 17.5 Å². The highest BCUT2D eigenvalue weighted by atomic mass is 32.2. The summed E-state index contributed by atoms with van der Waals surface area (Å²) in [6.07, 6.45) is 0. The van der Waals surface area contributed by atoms with E-state index in [-0.39, 0.29) is 4.90 Å². The van der Waals surface area contributed by atoms with Crippen LogP contribution in [0.5, 0.6) is 0 Å². The average molecular weight is 362 g/mol. The molecule has 2 rings (SSSR count). The van der Waals surface area contributed by atoms with E-state index >= 15 is 0 Å². The normalized spacial score (nSPS) is 11.2. The number of ether oxygens (including phenoxy) is 1. The summed E-state index contributed by atoms with van der Waals surface area (Å²) in [6, 6.07) is 11.9. The molecule has 0 aromatic heterocycles. The van der Waals surface area contributed by atoms with Gasteiger partial charge in [-0.1, -0.05) is 6.07 Å². The minimum Gasteiger partial charge on any atom is -0.465 e. The van der Waals surface area contributed by atoms with Gasteiger partial charge in [0, 0.05) is 25.3 Å². The lowest BCUT2D eigenvalue weighted by Gasteiger charge is -2.12. The van der Waals surface area contributed by atoms with Gasteiger partial charge >= 0.3 is 5.97 Å². The highest BCUT2D eigenvalue weighted by Gasteiger charge is 2.17. The summed E-state index contributed by atoms with van der Waals surface area (Å²) in [5.74, 6) is -0.926. The molecule has 0 atom stereocenters. The SMILES string of the molecule is COC(=O)c1cccc(NC(=O)c2ccc(S(=O)(=O)N(C)C)cc2)c1. The molecule has 25 heavy (non-hydrogen) atoms. The molecule has 2 aromatic rings. The predicted octanol–water partition coefficient (Wildman–Crippen LogP) is 1.98. The van der Waals surface area contributed by atoms with Gasteiger partial charge in [0.2, 0.25) is 10.0 Å². The van der Waals surface area contributed by atoms with Gasteiger partial charge in [0.05, 0.1) is 17.6 Å². The fourth-order valence-corrected chi connectivity index (χ4v) is 2.94. The maximum Gasteiger partial charge on any atom is 0.337 e. The second-order valence-corrected chi connectivity index (χ2v) is 7.49. The predicted molar refractivity (Wildman–Crippen MR) is 93.0 cm³/mol. The van der Waals surface area contributed by atoms with E-state index in [0.29, 0.717) is 16.8 Å². The lowest BCUT2D eigenvalue weighted by molar-refractivity contribution is 0.0600. The van der Waals surface area contributed by atoms with E-state index in [1.54, 1.807) is 18.2 Å². The van der Waals surface area contributed by atoms with Crippen LogP contribution in [0.2, 0.25) is 0 Å². The zero-order valence-electron chi connectivity index (χ0n) is 14.0. The van der Waals surface area contributed by atoms with Crippen LogP contribution in [-0.4, -0.2) is 45.8 Å². The van der Waals surface area contributed by atoms with Crippen molar-refractivity contribution in [3.63, 3.8) is 0 Å². The molecule has 0 fully saturated rings. The molecule has 0 saturated heterocycles. The minimum absolute atomic E-state index is 0.0988. The first kappa shape index (κ1) is 18.6. The lowest BCUT2D eigenvalue weighted by atomic mass is 10.1. The Hall–Kier alpha value is -2.71. The Kier molecular flexibility index (Phi) is 5.55. The van der Waals surface area contributed by atoms with Crippen molar-refractivity contribution in [2.24, 2.45) is 0 Å². The van der Waals surface area contributed by atoms with E-state index in [1.165, 1.54) is 51.5 Å². The molecule has 0 saturated carbocycles. The molecular weight excluding hydrogens is 344 g/mol. The first-order chi connectivity index (χ1) is 11.8. The minimum atomic E-state index is -3.55. The molecular formula is C17H18N2O5S. The maximum absolute atomic E-state index is 12.3. The molecule has 8 heteroatoms. The Bertz CT molecular complexity index is 890. The zero-order valence-corrected chi connectivity index (χ0v) is 14.8. The maximum atomic E-state index is 12.3. The molecule has 0 heterocycles. The van der Waals surface area contributed by atoms with Gasteiger partial charge in [0.25, 0.3) is 5.91 Å². The molecule has 0 radical (unpaired) electrons. The summed E-state index contributed by atoms with van der Waals surface area (Å²) in [7, 11) is 0.598. The standard InChI is InChI=1S/C17H18N2O5S/c1-19(2)25(22,23)15-9-7-12(8-10-15)16(20)18-14-6-4-5-13(11-14)17(21)24-3/h4-11H,1-3H3,(H,18,20). The average Bonchev–Trinajstić information content (AvgIpc) is 2.61. The van der Waals surface area contributed by atoms with Gasteiger partial charge in [-0.3, -0.25) is 4.79 Å². The first-order valence-electron chi connectivity index (χ1n) is 7.28. The Labute approximate surface area is 146 Å². The molecule has 2 aromatic carbocycles. The van der Waals surface area contributed by atoms with E-state index < -0.39 is 21.9 Å². The summed E-state index contributed by atoms with van der Waals surface area (Å²) in [4.78, 5) is 23.9. The topological polar surface area (TPSA) is 92.8 Å². The van der Waals surface area contributed by atoms with E-state index in [1.807, 2.05) is 0 Å². The van der Waals surface area contributed by atoms with E-state index in [4.69, 9.17) is 0 Å². The molecule has 1 N–H and O–H groups in total. The van der Waals surface area contributed by atoms with Crippen LogP contribution in [0.4, 0.5) is 5.69 Å². The van der Waals surface area contributed by atoms with Crippen molar-refractivity contribution >= 4 is 27.6 Å². The summed E-state index contributed by atoms with van der Waals surface area (Å²) in [5.41, 5.74) is 1.03. The van der Waals surface area contributed by atoms with Gasteiger partial charge in [-0.05, 0) is 42.5 Å². The van der Waals surface area contributed by atoms with Crippen LogP contribution in [0.15, 0.2) is 53.4 Å². The van der Waals surface area contributed by atoms with Crippen LogP contribution in [0.25, 0.3) is 0 Å². The van der Waals surface area contributed by atoms with Crippen molar-refractivity contribution in [2.45, 2.75) is 4.90 Å². The van der Waals surface area contributed by atoms with Crippen molar-refractivity contribution in [3.05, 3.63) is 59.7 Å². The van der Waals surface area contributed by atoms with Gasteiger partial charge in [-0.2, -0.15) is 0 Å². The number of anilines is 1. The van der Waals surface area contributed by atoms with Crippen molar-refractivity contribution in [1.82, 2.24) is 4.31 Å². The van der Waals surface area contributed by atoms with Crippen LogP contribution < -0.4 is 5.32 Å². The number of carbonyl (C=O) groups excluding carboxylic acids is 2. The number of sulfonamides is 1. The Morgan fingerprint density at radius 2 is 1.64 bits per heavy atom. The zero-order chi connectivity index (χ0) is 18.6. The van der Waals surface area contributed by atoms with Crippen molar-refractivity contribution in [1.29, 1.82) is 0 Å². The highest BCUT2D eigenvalue weighted by Crippen LogP contribution is 2.16. The number of nitrogens with zero attached hydrogens (tertiary/aromatic N) is 1. The van der Waals surface area contributed by atoms with Crippen LogP contribution in [0, 0.1) is 0 Å². The molecule has 0 spiro atoms. The highest BCUT2D eigenvalue weighted by molar-refractivity contribution is 7.89. The summed E-state index contributed by atoms with van der Waals surface area (Å²) >= 11 is 0. The number of hydrogen-bond donors (Lipinski definition) is 1. The Balaban J connectivity index is 2.18. The lowest BCUT2D eigenvalue weighted by Crippen LogP contribution is -2.22. The monoisotopic (exact) mass is 362 g/mol. The van der Waals surface area contributed by atoms with E-state index in [9.17, 15) is 18.0 Å². The molecule has 1 amide bonds. The number of methoxy groups -OCH3 is 1. The summed E-state index contributed by atoms with van der Waals surface area (Å²) < 4.78 is 29.8. The second kappa shape index (κ2) is 7.45. The smallest absolute Gasteiger partial charge is 0.337 e. The fourth-order valence-electron chi connectivity index (χ4n) is 2.03.